The molecule has 4 heteroatoms. The molecule has 0 amide bonds. The van der Waals surface area contributed by atoms with E-state index in [0.29, 0.717) is 18.5 Å². The van der Waals surface area contributed by atoms with Crippen molar-refractivity contribution in [3.05, 3.63) is 36.8 Å². The Labute approximate surface area is 91.6 Å². The summed E-state index contributed by atoms with van der Waals surface area (Å²) < 4.78 is 25.5. The smallest absolute Gasteiger partial charge is 0.232 e. The topological polar surface area (TPSA) is 46.2 Å². The molecule has 0 aliphatic rings. The highest BCUT2D eigenvalue weighted by Gasteiger charge is 2.08. The fraction of sp³-hybridized carbons (Fsp3) is 0.364. The van der Waals surface area contributed by atoms with Gasteiger partial charge in [-0.1, -0.05) is 31.0 Å². The fourth-order valence-corrected chi connectivity index (χ4v) is 2.33. The van der Waals surface area contributed by atoms with Crippen molar-refractivity contribution in [3.63, 3.8) is 0 Å². The zero-order chi connectivity index (χ0) is 11.3. The SMILES string of the molecule is [CH2]CCCS(=O)(=O)Nc1ccc(C)cc1. The summed E-state index contributed by atoms with van der Waals surface area (Å²) in [5.74, 6) is 0.129. The molecule has 1 aromatic rings. The van der Waals surface area contributed by atoms with E-state index < -0.39 is 10.0 Å². The van der Waals surface area contributed by atoms with Crippen molar-refractivity contribution in [2.45, 2.75) is 19.8 Å². The van der Waals surface area contributed by atoms with E-state index in [-0.39, 0.29) is 5.75 Å². The van der Waals surface area contributed by atoms with E-state index in [1.54, 1.807) is 12.1 Å². The number of hydrogen-bond acceptors (Lipinski definition) is 2. The van der Waals surface area contributed by atoms with Gasteiger partial charge < -0.3 is 0 Å². The lowest BCUT2D eigenvalue weighted by molar-refractivity contribution is 0.598. The van der Waals surface area contributed by atoms with Crippen LogP contribution in [0.1, 0.15) is 18.4 Å². The molecule has 0 saturated heterocycles. The molecule has 1 N–H and O–H groups in total. The predicted molar refractivity (Wildman–Crippen MR) is 63.2 cm³/mol. The Morgan fingerprint density at radius 1 is 1.27 bits per heavy atom. The molecule has 3 nitrogen and oxygen atoms in total. The maximum atomic E-state index is 11.5. The third-order valence-electron chi connectivity index (χ3n) is 1.99. The summed E-state index contributed by atoms with van der Waals surface area (Å²) in [6.07, 6.45) is 1.22. The number of hydrogen-bond donors (Lipinski definition) is 1. The van der Waals surface area contributed by atoms with Crippen LogP contribution in [-0.2, 0) is 10.0 Å². The minimum atomic E-state index is -3.20. The molecule has 0 saturated carbocycles. The summed E-state index contributed by atoms with van der Waals surface area (Å²) in [6, 6.07) is 7.27. The highest BCUT2D eigenvalue weighted by atomic mass is 32.2. The second kappa shape index (κ2) is 5.16. The van der Waals surface area contributed by atoms with Gasteiger partial charge in [-0.15, -0.1) is 0 Å². The van der Waals surface area contributed by atoms with Crippen molar-refractivity contribution in [2.24, 2.45) is 0 Å². The van der Waals surface area contributed by atoms with Gasteiger partial charge in [-0.2, -0.15) is 0 Å². The first kappa shape index (κ1) is 12.0. The predicted octanol–water partition coefficient (Wildman–Crippen LogP) is 2.35. The monoisotopic (exact) mass is 226 g/mol. The lowest BCUT2D eigenvalue weighted by atomic mass is 10.2. The van der Waals surface area contributed by atoms with E-state index in [1.165, 1.54) is 0 Å². The third kappa shape index (κ3) is 4.34. The van der Waals surface area contributed by atoms with E-state index in [4.69, 9.17) is 0 Å². The summed E-state index contributed by atoms with van der Waals surface area (Å²) in [4.78, 5) is 0. The van der Waals surface area contributed by atoms with E-state index in [0.717, 1.165) is 5.56 Å². The molecule has 0 aromatic heterocycles. The molecule has 1 aromatic carbocycles. The minimum absolute atomic E-state index is 0.129. The summed E-state index contributed by atoms with van der Waals surface area (Å²) in [5.41, 5.74) is 1.72. The molecule has 15 heavy (non-hydrogen) atoms. The molecule has 0 aliphatic heterocycles. The van der Waals surface area contributed by atoms with Crippen molar-refractivity contribution in [1.82, 2.24) is 0 Å². The Morgan fingerprint density at radius 3 is 2.40 bits per heavy atom. The number of unbranched alkanes of at least 4 members (excludes halogenated alkanes) is 1. The molecule has 0 heterocycles. The zero-order valence-electron chi connectivity index (χ0n) is 8.86. The average molecular weight is 226 g/mol. The molecule has 1 radical (unpaired) electrons. The van der Waals surface area contributed by atoms with Gasteiger partial charge in [0, 0.05) is 5.69 Å². The van der Waals surface area contributed by atoms with Gasteiger partial charge in [0.2, 0.25) is 10.0 Å². The Hall–Kier alpha value is -1.03. The van der Waals surface area contributed by atoms with Crippen molar-refractivity contribution in [2.75, 3.05) is 10.5 Å². The molecule has 83 valence electrons. The Kier molecular flexibility index (Phi) is 4.15. The first-order valence-electron chi connectivity index (χ1n) is 4.90. The summed E-state index contributed by atoms with van der Waals surface area (Å²) in [7, 11) is -3.20. The normalized spacial score (nSPS) is 11.3. The lowest BCUT2D eigenvalue weighted by Crippen LogP contribution is -2.16. The van der Waals surface area contributed by atoms with E-state index in [1.807, 2.05) is 19.1 Å². The molecular formula is C11H16NO2S. The lowest BCUT2D eigenvalue weighted by Gasteiger charge is -2.07. The van der Waals surface area contributed by atoms with Crippen LogP contribution in [0.15, 0.2) is 24.3 Å². The van der Waals surface area contributed by atoms with Gasteiger partial charge in [0.15, 0.2) is 0 Å². The molecule has 0 bridgehead atoms. The number of nitrogens with one attached hydrogen (secondary N) is 1. The van der Waals surface area contributed by atoms with Gasteiger partial charge in [0.1, 0.15) is 0 Å². The van der Waals surface area contributed by atoms with Crippen molar-refractivity contribution >= 4 is 15.7 Å². The molecule has 0 fully saturated rings. The number of aryl methyl sites for hydroxylation is 1. The van der Waals surface area contributed by atoms with Gasteiger partial charge in [-0.25, -0.2) is 8.42 Å². The number of anilines is 1. The molecule has 0 atom stereocenters. The molecular weight excluding hydrogens is 210 g/mol. The molecule has 0 aliphatic carbocycles. The van der Waals surface area contributed by atoms with Crippen LogP contribution in [0.2, 0.25) is 0 Å². The van der Waals surface area contributed by atoms with Gasteiger partial charge in [0.25, 0.3) is 0 Å². The Morgan fingerprint density at radius 2 is 1.87 bits per heavy atom. The van der Waals surface area contributed by atoms with E-state index >= 15 is 0 Å². The van der Waals surface area contributed by atoms with Crippen LogP contribution in [-0.4, -0.2) is 14.2 Å². The largest absolute Gasteiger partial charge is 0.284 e. The second-order valence-corrected chi connectivity index (χ2v) is 5.34. The maximum Gasteiger partial charge on any atom is 0.232 e. The summed E-state index contributed by atoms with van der Waals surface area (Å²) in [5, 5.41) is 0. The summed E-state index contributed by atoms with van der Waals surface area (Å²) >= 11 is 0. The van der Waals surface area contributed by atoms with Crippen LogP contribution in [0.4, 0.5) is 5.69 Å². The van der Waals surface area contributed by atoms with Crippen LogP contribution >= 0.6 is 0 Å². The maximum absolute atomic E-state index is 11.5. The molecule has 1 rings (SSSR count). The summed E-state index contributed by atoms with van der Waals surface area (Å²) in [6.45, 7) is 5.57. The Bertz CT molecular complexity index is 395. The molecule has 0 unspecified atom stereocenters. The van der Waals surface area contributed by atoms with E-state index in [9.17, 15) is 8.42 Å². The third-order valence-corrected chi connectivity index (χ3v) is 3.36. The molecule has 0 spiro atoms. The number of benzene rings is 1. The Balaban J connectivity index is 2.65. The van der Waals surface area contributed by atoms with Crippen molar-refractivity contribution in [1.29, 1.82) is 0 Å². The second-order valence-electron chi connectivity index (χ2n) is 3.49. The van der Waals surface area contributed by atoms with Crippen LogP contribution in [0.25, 0.3) is 0 Å². The average Bonchev–Trinajstić information content (AvgIpc) is 2.18. The zero-order valence-corrected chi connectivity index (χ0v) is 9.68. The first-order chi connectivity index (χ1) is 7.03. The van der Waals surface area contributed by atoms with Crippen molar-refractivity contribution in [3.8, 4) is 0 Å². The highest BCUT2D eigenvalue weighted by Crippen LogP contribution is 2.11. The van der Waals surface area contributed by atoms with Crippen LogP contribution in [0.3, 0.4) is 0 Å². The van der Waals surface area contributed by atoms with Gasteiger partial charge in [0.05, 0.1) is 5.75 Å². The quantitative estimate of drug-likeness (QED) is 0.837. The van der Waals surface area contributed by atoms with Crippen LogP contribution in [0, 0.1) is 13.8 Å². The van der Waals surface area contributed by atoms with E-state index in [2.05, 4.69) is 11.6 Å². The van der Waals surface area contributed by atoms with Crippen LogP contribution < -0.4 is 4.72 Å². The van der Waals surface area contributed by atoms with Crippen molar-refractivity contribution < 1.29 is 8.42 Å². The van der Waals surface area contributed by atoms with Gasteiger partial charge in [-0.3, -0.25) is 4.72 Å². The van der Waals surface area contributed by atoms with Crippen LogP contribution in [0.5, 0.6) is 0 Å². The fourth-order valence-electron chi connectivity index (χ4n) is 1.14. The number of sulfonamides is 1. The minimum Gasteiger partial charge on any atom is -0.284 e. The standard InChI is InChI=1S/C11H16NO2S/c1-3-4-9-15(13,14)12-11-7-5-10(2)6-8-11/h5-8,12H,1,3-4,9H2,2H3. The van der Waals surface area contributed by atoms with Gasteiger partial charge >= 0.3 is 0 Å². The van der Waals surface area contributed by atoms with Gasteiger partial charge in [-0.05, 0) is 25.5 Å². The first-order valence-corrected chi connectivity index (χ1v) is 6.55. The number of rotatable bonds is 5. The highest BCUT2D eigenvalue weighted by molar-refractivity contribution is 7.92.